The van der Waals surface area contributed by atoms with E-state index in [4.69, 9.17) is 0 Å². The van der Waals surface area contributed by atoms with Gasteiger partial charge in [0.25, 0.3) is 0 Å². The second-order valence-electron chi connectivity index (χ2n) is 6.85. The Morgan fingerprint density at radius 3 is 2.68 bits per heavy atom. The number of imidazole rings is 1. The molecular formula is C19H22N4OS. The molecule has 2 aromatic rings. The number of carbonyl (C=O) groups excluding carboxylic acids is 1. The minimum absolute atomic E-state index is 0.129. The number of hydrogen-bond acceptors (Lipinski definition) is 4. The molecule has 0 aliphatic heterocycles. The van der Waals surface area contributed by atoms with Crippen LogP contribution < -0.4 is 5.32 Å². The van der Waals surface area contributed by atoms with Crippen molar-refractivity contribution in [3.05, 3.63) is 41.7 Å². The zero-order valence-electron chi connectivity index (χ0n) is 14.7. The zero-order valence-corrected chi connectivity index (χ0v) is 15.6. The average molecular weight is 354 g/mol. The van der Waals surface area contributed by atoms with Gasteiger partial charge >= 0.3 is 0 Å². The molecule has 25 heavy (non-hydrogen) atoms. The van der Waals surface area contributed by atoms with Gasteiger partial charge < -0.3 is 5.32 Å². The topological polar surface area (TPSA) is 70.7 Å². The maximum atomic E-state index is 12.3. The van der Waals surface area contributed by atoms with Crippen LogP contribution in [0.5, 0.6) is 0 Å². The lowest BCUT2D eigenvalue weighted by atomic mass is 9.98. The van der Waals surface area contributed by atoms with Gasteiger partial charge in [-0.2, -0.15) is 5.26 Å². The highest BCUT2D eigenvalue weighted by atomic mass is 32.2. The lowest BCUT2D eigenvalue weighted by Crippen LogP contribution is -2.47. The summed E-state index contributed by atoms with van der Waals surface area (Å²) in [6.07, 6.45) is 5.66. The molecule has 0 bridgehead atoms. The molecule has 0 unspecified atom stereocenters. The molecule has 1 saturated carbocycles. The fourth-order valence-electron chi connectivity index (χ4n) is 3.02. The smallest absolute Gasteiger partial charge is 0.231 e. The molecule has 5 nitrogen and oxygen atoms in total. The highest BCUT2D eigenvalue weighted by Gasteiger charge is 2.42. The summed E-state index contributed by atoms with van der Waals surface area (Å²) in [5, 5.41) is 13.0. The number of nitrogens with one attached hydrogen (secondary N) is 1. The Morgan fingerprint density at radius 2 is 2.08 bits per heavy atom. The lowest BCUT2D eigenvalue weighted by molar-refractivity contribution is -0.119. The third kappa shape index (κ3) is 4.05. The molecule has 1 amide bonds. The summed E-state index contributed by atoms with van der Waals surface area (Å²) in [6.45, 7) is 5.94. The quantitative estimate of drug-likeness (QED) is 0.807. The van der Waals surface area contributed by atoms with E-state index in [1.807, 2.05) is 17.7 Å². The van der Waals surface area contributed by atoms with Crippen LogP contribution >= 0.6 is 11.8 Å². The van der Waals surface area contributed by atoms with Gasteiger partial charge in [-0.3, -0.25) is 9.36 Å². The first kappa shape index (κ1) is 17.6. The first-order chi connectivity index (χ1) is 11.9. The normalized spacial score (nSPS) is 16.1. The molecule has 3 rings (SSSR count). The Labute approximate surface area is 152 Å². The van der Waals surface area contributed by atoms with Crippen LogP contribution in [0.15, 0.2) is 35.7 Å². The molecule has 1 aromatic carbocycles. The van der Waals surface area contributed by atoms with Crippen LogP contribution in [0.1, 0.15) is 30.9 Å². The number of nitriles is 1. The van der Waals surface area contributed by atoms with Gasteiger partial charge in [0.1, 0.15) is 5.54 Å². The van der Waals surface area contributed by atoms with E-state index in [2.05, 4.69) is 48.4 Å². The third-order valence-corrected chi connectivity index (χ3v) is 5.42. The predicted molar refractivity (Wildman–Crippen MR) is 98.6 cm³/mol. The Hall–Kier alpha value is -2.26. The van der Waals surface area contributed by atoms with Gasteiger partial charge in [-0.1, -0.05) is 17.8 Å². The molecule has 0 radical (unpaired) electrons. The van der Waals surface area contributed by atoms with E-state index in [1.54, 1.807) is 6.20 Å². The summed E-state index contributed by atoms with van der Waals surface area (Å²) in [6, 6.07) is 8.57. The molecule has 1 aliphatic carbocycles. The third-order valence-electron chi connectivity index (χ3n) is 4.45. The summed E-state index contributed by atoms with van der Waals surface area (Å²) < 4.78 is 1.99. The molecule has 1 atom stereocenters. The fourth-order valence-corrected chi connectivity index (χ4v) is 3.79. The Kier molecular flexibility index (Phi) is 4.87. The van der Waals surface area contributed by atoms with Crippen LogP contribution in [0.4, 0.5) is 0 Å². The van der Waals surface area contributed by atoms with Crippen LogP contribution in [0.25, 0.3) is 5.69 Å². The predicted octanol–water partition coefficient (Wildman–Crippen LogP) is 3.39. The molecule has 1 N–H and O–H groups in total. The number of thioether (sulfide) groups is 1. The van der Waals surface area contributed by atoms with E-state index in [-0.39, 0.29) is 17.6 Å². The summed E-state index contributed by atoms with van der Waals surface area (Å²) in [7, 11) is 0. The van der Waals surface area contributed by atoms with Gasteiger partial charge in [0.15, 0.2) is 5.16 Å². The summed E-state index contributed by atoms with van der Waals surface area (Å²) in [5.41, 5.74) is 2.66. The van der Waals surface area contributed by atoms with Crippen LogP contribution in [0.3, 0.4) is 0 Å². The van der Waals surface area contributed by atoms with Gasteiger partial charge in [-0.25, -0.2) is 4.98 Å². The summed E-state index contributed by atoms with van der Waals surface area (Å²) in [5.74, 6) is 0.394. The van der Waals surface area contributed by atoms with E-state index >= 15 is 0 Å². The first-order valence-corrected chi connectivity index (χ1v) is 9.37. The number of benzene rings is 1. The van der Waals surface area contributed by atoms with E-state index in [1.165, 1.54) is 22.9 Å². The van der Waals surface area contributed by atoms with Gasteiger partial charge in [0.2, 0.25) is 5.91 Å². The Balaban J connectivity index is 1.67. The molecule has 1 fully saturated rings. The van der Waals surface area contributed by atoms with E-state index in [9.17, 15) is 10.1 Å². The molecule has 1 aliphatic rings. The Bertz CT molecular complexity index is 814. The minimum Gasteiger partial charge on any atom is -0.337 e. The van der Waals surface area contributed by atoms with E-state index in [0.29, 0.717) is 0 Å². The van der Waals surface area contributed by atoms with Crippen molar-refractivity contribution in [1.29, 1.82) is 5.26 Å². The van der Waals surface area contributed by atoms with Crippen LogP contribution in [0.2, 0.25) is 0 Å². The van der Waals surface area contributed by atoms with Gasteiger partial charge in [0.05, 0.1) is 11.8 Å². The monoisotopic (exact) mass is 354 g/mol. The van der Waals surface area contributed by atoms with Crippen molar-refractivity contribution >= 4 is 17.7 Å². The number of rotatable bonds is 6. The number of nitrogens with zero attached hydrogens (tertiary/aromatic N) is 3. The lowest BCUT2D eigenvalue weighted by Gasteiger charge is -2.22. The standard InChI is InChI=1S/C19H22N4OS/c1-13-8-14(2)10-16(9-13)23-7-6-21-18(23)25-11-17(24)22-19(3,12-20)15-4-5-15/h6-10,15H,4-5,11H2,1-3H3,(H,22,24)/t19-/m0/s1. The maximum absolute atomic E-state index is 12.3. The number of aromatic nitrogens is 2. The molecule has 0 spiro atoms. The molecule has 6 heteroatoms. The van der Waals surface area contributed by atoms with Gasteiger partial charge in [-0.15, -0.1) is 0 Å². The van der Waals surface area contributed by atoms with Gasteiger partial charge in [-0.05, 0) is 62.8 Å². The number of aryl methyl sites for hydroxylation is 2. The van der Waals surface area contributed by atoms with E-state index < -0.39 is 5.54 Å². The van der Waals surface area contributed by atoms with Crippen LogP contribution in [-0.2, 0) is 4.79 Å². The second-order valence-corrected chi connectivity index (χ2v) is 7.79. The molecule has 0 saturated heterocycles. The zero-order chi connectivity index (χ0) is 18.0. The molecule has 1 heterocycles. The average Bonchev–Trinajstić information content (AvgIpc) is 3.31. The number of amides is 1. The van der Waals surface area contributed by atoms with Crippen molar-refractivity contribution in [2.45, 2.75) is 44.3 Å². The maximum Gasteiger partial charge on any atom is 0.231 e. The van der Waals surface area contributed by atoms with Crippen molar-refractivity contribution in [1.82, 2.24) is 14.9 Å². The minimum atomic E-state index is -0.749. The Morgan fingerprint density at radius 1 is 1.40 bits per heavy atom. The van der Waals surface area contributed by atoms with Crippen LogP contribution in [0, 0.1) is 31.1 Å². The van der Waals surface area contributed by atoms with E-state index in [0.717, 1.165) is 23.7 Å². The van der Waals surface area contributed by atoms with Crippen molar-refractivity contribution < 1.29 is 4.79 Å². The van der Waals surface area contributed by atoms with Crippen LogP contribution in [-0.4, -0.2) is 26.8 Å². The van der Waals surface area contributed by atoms with Crippen molar-refractivity contribution in [2.24, 2.45) is 5.92 Å². The first-order valence-electron chi connectivity index (χ1n) is 8.38. The van der Waals surface area contributed by atoms with Gasteiger partial charge in [0, 0.05) is 18.1 Å². The molecule has 130 valence electrons. The number of carbonyl (C=O) groups is 1. The van der Waals surface area contributed by atoms with Crippen molar-refractivity contribution in [3.8, 4) is 11.8 Å². The molecule has 1 aromatic heterocycles. The highest BCUT2D eigenvalue weighted by molar-refractivity contribution is 7.99. The summed E-state index contributed by atoms with van der Waals surface area (Å²) >= 11 is 1.38. The SMILES string of the molecule is Cc1cc(C)cc(-n2ccnc2SCC(=O)N[C@@](C)(C#N)C2CC2)c1. The largest absolute Gasteiger partial charge is 0.337 e. The number of hydrogen-bond donors (Lipinski definition) is 1. The fraction of sp³-hybridized carbons (Fsp3) is 0.421. The van der Waals surface area contributed by atoms with Crippen molar-refractivity contribution in [2.75, 3.05) is 5.75 Å². The second kappa shape index (κ2) is 6.93. The van der Waals surface area contributed by atoms with Crippen molar-refractivity contribution in [3.63, 3.8) is 0 Å². The molecular weight excluding hydrogens is 332 g/mol. The highest BCUT2D eigenvalue weighted by Crippen LogP contribution is 2.39. The summed E-state index contributed by atoms with van der Waals surface area (Å²) in [4.78, 5) is 16.6.